The molecule has 0 N–H and O–H groups in total. The second kappa shape index (κ2) is 5.98. The summed E-state index contributed by atoms with van der Waals surface area (Å²) in [6.45, 7) is 8.32. The summed E-state index contributed by atoms with van der Waals surface area (Å²) >= 11 is 3.24. The number of thiazole rings is 1. The summed E-state index contributed by atoms with van der Waals surface area (Å²) < 4.78 is 4.07. The molecule has 2 aromatic heterocycles. The quantitative estimate of drug-likeness (QED) is 0.776. The lowest BCUT2D eigenvalue weighted by atomic mass is 10.2. The Balaban J connectivity index is 0.000000531. The Morgan fingerprint density at radius 2 is 1.93 bits per heavy atom. The summed E-state index contributed by atoms with van der Waals surface area (Å²) in [5, 5.41) is 3.25. The summed E-state index contributed by atoms with van der Waals surface area (Å²) in [4.78, 5) is 5.59. The van der Waals surface area contributed by atoms with Gasteiger partial charge in [0.05, 0.1) is 9.88 Å². The van der Waals surface area contributed by atoms with Crippen molar-refractivity contribution in [3.05, 3.63) is 22.8 Å². The molecule has 0 radical (unpaired) electrons. The Morgan fingerprint density at radius 1 is 1.20 bits per heavy atom. The van der Waals surface area contributed by atoms with Crippen molar-refractivity contribution in [1.82, 2.24) is 9.36 Å². The molecule has 0 unspecified atom stereocenters. The molecule has 0 aliphatic rings. The molecule has 0 fully saturated rings. The van der Waals surface area contributed by atoms with Gasteiger partial charge in [-0.15, -0.1) is 11.3 Å². The first kappa shape index (κ1) is 12.3. The maximum atomic E-state index is 4.37. The van der Waals surface area contributed by atoms with Crippen LogP contribution in [0.25, 0.3) is 10.4 Å². The minimum absolute atomic E-state index is 0.519. The lowest BCUT2D eigenvalue weighted by molar-refractivity contribution is 0.852. The zero-order valence-corrected chi connectivity index (χ0v) is 11.2. The normalized spacial score (nSPS) is 9.93. The molecule has 0 amide bonds. The summed E-state index contributed by atoms with van der Waals surface area (Å²) in [5.41, 5.74) is 1.19. The molecule has 0 aromatic carbocycles. The second-order valence-corrected chi connectivity index (χ2v) is 4.85. The predicted molar refractivity (Wildman–Crippen MR) is 68.7 cm³/mol. The van der Waals surface area contributed by atoms with Gasteiger partial charge in [0.15, 0.2) is 0 Å². The molecule has 15 heavy (non-hydrogen) atoms. The van der Waals surface area contributed by atoms with Gasteiger partial charge >= 0.3 is 0 Å². The predicted octanol–water partition coefficient (Wildman–Crippen LogP) is 4.42. The molecule has 2 nitrogen and oxygen atoms in total. The largest absolute Gasteiger partial charge is 0.249 e. The van der Waals surface area contributed by atoms with Gasteiger partial charge in [-0.05, 0) is 11.5 Å². The maximum absolute atomic E-state index is 4.37. The van der Waals surface area contributed by atoms with Gasteiger partial charge in [0, 0.05) is 29.3 Å². The highest BCUT2D eigenvalue weighted by Crippen LogP contribution is 2.29. The molecule has 0 aliphatic heterocycles. The second-order valence-electron chi connectivity index (χ2n) is 3.13. The van der Waals surface area contributed by atoms with Crippen LogP contribution in [0.5, 0.6) is 0 Å². The molecule has 82 valence electrons. The van der Waals surface area contributed by atoms with Crippen LogP contribution < -0.4 is 0 Å². The molecule has 4 heteroatoms. The molecule has 2 aromatic rings. The van der Waals surface area contributed by atoms with Crippen LogP contribution in [0.4, 0.5) is 0 Å². The van der Waals surface area contributed by atoms with Gasteiger partial charge < -0.3 is 0 Å². The van der Waals surface area contributed by atoms with Crippen molar-refractivity contribution in [2.24, 2.45) is 0 Å². The van der Waals surface area contributed by atoms with Gasteiger partial charge in [-0.2, -0.15) is 0 Å². The molecule has 0 aliphatic carbocycles. The topological polar surface area (TPSA) is 25.8 Å². The van der Waals surface area contributed by atoms with Crippen molar-refractivity contribution < 1.29 is 0 Å². The fourth-order valence-electron chi connectivity index (χ4n) is 1.01. The molecule has 0 saturated carbocycles. The number of hydrogen-bond acceptors (Lipinski definition) is 4. The highest BCUT2D eigenvalue weighted by Gasteiger charge is 2.07. The van der Waals surface area contributed by atoms with E-state index >= 15 is 0 Å². The minimum atomic E-state index is 0.519. The minimum Gasteiger partial charge on any atom is -0.249 e. The molecular formula is C11H16N2S2. The van der Waals surface area contributed by atoms with Crippen LogP contribution in [0, 0.1) is 0 Å². The summed E-state index contributed by atoms with van der Waals surface area (Å²) in [5.74, 6) is 0.519. The van der Waals surface area contributed by atoms with Gasteiger partial charge in [0.1, 0.15) is 0 Å². The van der Waals surface area contributed by atoms with Gasteiger partial charge in [-0.3, -0.25) is 0 Å². The zero-order valence-electron chi connectivity index (χ0n) is 9.52. The van der Waals surface area contributed by atoms with Crippen molar-refractivity contribution in [1.29, 1.82) is 0 Å². The lowest BCUT2D eigenvalue weighted by Crippen LogP contribution is -1.81. The van der Waals surface area contributed by atoms with E-state index in [0.29, 0.717) is 5.92 Å². The van der Waals surface area contributed by atoms with E-state index in [1.54, 1.807) is 11.3 Å². The monoisotopic (exact) mass is 240 g/mol. The van der Waals surface area contributed by atoms with Crippen molar-refractivity contribution in [2.45, 2.75) is 33.6 Å². The number of aromatic nitrogens is 2. The van der Waals surface area contributed by atoms with E-state index in [9.17, 15) is 0 Å². The van der Waals surface area contributed by atoms with Crippen molar-refractivity contribution in [3.8, 4) is 10.4 Å². The van der Waals surface area contributed by atoms with E-state index in [4.69, 9.17) is 0 Å². The molecule has 2 rings (SSSR count). The van der Waals surface area contributed by atoms with Crippen LogP contribution in [0.15, 0.2) is 17.8 Å². The Hall–Kier alpha value is -0.740. The van der Waals surface area contributed by atoms with Crippen LogP contribution in [-0.2, 0) is 0 Å². The molecule has 2 heterocycles. The van der Waals surface area contributed by atoms with Gasteiger partial charge in [-0.25, -0.2) is 9.36 Å². The fraction of sp³-hybridized carbons (Fsp3) is 0.455. The SMILES string of the molecule is CC.CC(C)c1ncc(-c2cnsc2)s1. The Labute approximate surface area is 99.2 Å². The van der Waals surface area contributed by atoms with E-state index in [2.05, 4.69) is 28.6 Å². The van der Waals surface area contributed by atoms with E-state index < -0.39 is 0 Å². The first-order valence-corrected chi connectivity index (χ1v) is 6.78. The highest BCUT2D eigenvalue weighted by molar-refractivity contribution is 7.15. The highest BCUT2D eigenvalue weighted by atomic mass is 32.1. The number of rotatable bonds is 2. The number of nitrogens with zero attached hydrogens (tertiary/aromatic N) is 2. The van der Waals surface area contributed by atoms with Crippen molar-refractivity contribution in [2.75, 3.05) is 0 Å². The summed E-state index contributed by atoms with van der Waals surface area (Å²) in [7, 11) is 0. The molecule has 0 bridgehead atoms. The fourth-order valence-corrected chi connectivity index (χ4v) is 2.53. The molecule has 0 spiro atoms. The van der Waals surface area contributed by atoms with Crippen LogP contribution in [0.1, 0.15) is 38.6 Å². The molecule has 0 atom stereocenters. The van der Waals surface area contributed by atoms with Crippen LogP contribution in [0.2, 0.25) is 0 Å². The Morgan fingerprint density at radius 3 is 2.40 bits per heavy atom. The van der Waals surface area contributed by atoms with E-state index in [-0.39, 0.29) is 0 Å². The van der Waals surface area contributed by atoms with Crippen LogP contribution in [-0.4, -0.2) is 9.36 Å². The average Bonchev–Trinajstić information content (AvgIpc) is 2.91. The third-order valence-corrected chi connectivity index (χ3v) is 3.67. The summed E-state index contributed by atoms with van der Waals surface area (Å²) in [6, 6.07) is 0. The Kier molecular flexibility index (Phi) is 4.91. The first-order chi connectivity index (χ1) is 7.27. The third kappa shape index (κ3) is 3.11. The smallest absolute Gasteiger partial charge is 0.0956 e. The van der Waals surface area contributed by atoms with E-state index in [0.717, 1.165) is 0 Å². The standard InChI is InChI=1S/C9H10N2S2.C2H6/c1-6(2)9-10-4-8(13-9)7-3-11-12-5-7;1-2/h3-6H,1-2H3;1-2H3. The lowest BCUT2D eigenvalue weighted by Gasteiger charge is -1.95. The van der Waals surface area contributed by atoms with E-state index in [1.807, 2.05) is 26.2 Å². The molecular weight excluding hydrogens is 224 g/mol. The van der Waals surface area contributed by atoms with Crippen LogP contribution in [0.3, 0.4) is 0 Å². The molecule has 0 saturated heterocycles. The van der Waals surface area contributed by atoms with Gasteiger partial charge in [0.25, 0.3) is 0 Å². The van der Waals surface area contributed by atoms with Gasteiger partial charge in [-0.1, -0.05) is 27.7 Å². The zero-order chi connectivity index (χ0) is 11.3. The van der Waals surface area contributed by atoms with Crippen molar-refractivity contribution in [3.63, 3.8) is 0 Å². The Bertz CT molecular complexity index is 377. The first-order valence-electron chi connectivity index (χ1n) is 5.13. The van der Waals surface area contributed by atoms with Crippen molar-refractivity contribution >= 4 is 22.9 Å². The number of hydrogen-bond donors (Lipinski definition) is 0. The van der Waals surface area contributed by atoms with E-state index in [1.165, 1.54) is 27.0 Å². The third-order valence-electron chi connectivity index (χ3n) is 1.73. The maximum Gasteiger partial charge on any atom is 0.0956 e. The van der Waals surface area contributed by atoms with Crippen LogP contribution >= 0.6 is 22.9 Å². The average molecular weight is 240 g/mol. The summed E-state index contributed by atoms with van der Waals surface area (Å²) in [6.07, 6.45) is 3.83. The van der Waals surface area contributed by atoms with Gasteiger partial charge in [0.2, 0.25) is 0 Å².